The second kappa shape index (κ2) is 10.2. The second-order valence-electron chi connectivity index (χ2n) is 7.97. The van der Waals surface area contributed by atoms with E-state index in [-0.39, 0.29) is 0 Å². The van der Waals surface area contributed by atoms with Crippen LogP contribution in [0.25, 0.3) is 0 Å². The number of rotatable bonds is 8. The third kappa shape index (κ3) is 5.50. The van der Waals surface area contributed by atoms with E-state index in [4.69, 9.17) is 0 Å². The standard InChI is InChI=1S/C16H6F26/c17-7(18,9(21,22)15(37,38)39)5(11(25,26)27,12(28,29)30)3-1-2-4-6(13(31,32)33,14(34,35)36)8(19,20)10(23,24)16(40,41)42/h1-2H,3-4H2. The lowest BCUT2D eigenvalue weighted by atomic mass is 9.71. The summed E-state index contributed by atoms with van der Waals surface area (Å²) in [6.07, 6.45) is -60.7. The molecule has 0 aromatic rings. The molecule has 0 saturated carbocycles. The average molecular weight is 692 g/mol. The molecule has 0 nitrogen and oxygen atoms in total. The van der Waals surface area contributed by atoms with Crippen LogP contribution in [0.15, 0.2) is 12.2 Å². The molecule has 0 N–H and O–H groups in total. The maximum atomic E-state index is 13.9. The van der Waals surface area contributed by atoms with E-state index >= 15 is 0 Å². The van der Waals surface area contributed by atoms with Gasteiger partial charge in [-0.05, 0) is 12.8 Å². The molecule has 0 saturated heterocycles. The molecule has 0 unspecified atom stereocenters. The fraction of sp³-hybridized carbons (Fsp3) is 0.875. The van der Waals surface area contributed by atoms with E-state index in [0.717, 1.165) is 0 Å². The minimum Gasteiger partial charge on any atom is -0.198 e. The molecule has 42 heavy (non-hydrogen) atoms. The molecule has 0 amide bonds. The van der Waals surface area contributed by atoms with Crippen LogP contribution in [0.5, 0.6) is 0 Å². The highest BCUT2D eigenvalue weighted by molar-refractivity contribution is 5.16. The van der Waals surface area contributed by atoms with Crippen LogP contribution in [-0.4, -0.2) is 60.7 Å². The monoisotopic (exact) mass is 692 g/mol. The molecule has 0 radical (unpaired) electrons. The summed E-state index contributed by atoms with van der Waals surface area (Å²) in [7, 11) is 0. The van der Waals surface area contributed by atoms with E-state index in [1.54, 1.807) is 0 Å². The van der Waals surface area contributed by atoms with Gasteiger partial charge < -0.3 is 0 Å². The fourth-order valence-corrected chi connectivity index (χ4v) is 3.16. The van der Waals surface area contributed by atoms with Crippen molar-refractivity contribution in [2.75, 3.05) is 0 Å². The summed E-state index contributed by atoms with van der Waals surface area (Å²) in [5, 5.41) is 0. The normalized spacial score (nSPS) is 16.9. The Morgan fingerprint density at radius 3 is 0.524 bits per heavy atom. The number of hydrogen-bond acceptors (Lipinski definition) is 0. The molecule has 0 rings (SSSR count). The predicted octanol–water partition coefficient (Wildman–Crippen LogP) is 10.2. The Morgan fingerprint density at radius 2 is 0.405 bits per heavy atom. The van der Waals surface area contributed by atoms with E-state index in [0.29, 0.717) is 0 Å². The third-order valence-corrected chi connectivity index (χ3v) is 5.52. The van der Waals surface area contributed by atoms with Crippen LogP contribution < -0.4 is 0 Å². The van der Waals surface area contributed by atoms with Crippen molar-refractivity contribution >= 4 is 0 Å². The summed E-state index contributed by atoms with van der Waals surface area (Å²) < 4.78 is 340. The van der Waals surface area contributed by atoms with Crippen LogP contribution in [-0.2, 0) is 0 Å². The third-order valence-electron chi connectivity index (χ3n) is 5.52. The zero-order chi connectivity index (χ0) is 34.8. The first-order chi connectivity index (χ1) is 17.7. The lowest BCUT2D eigenvalue weighted by molar-refractivity contribution is -0.461. The van der Waals surface area contributed by atoms with Crippen molar-refractivity contribution in [3.63, 3.8) is 0 Å². The van der Waals surface area contributed by atoms with Gasteiger partial charge in [-0.2, -0.15) is 114 Å². The van der Waals surface area contributed by atoms with Crippen LogP contribution >= 0.6 is 0 Å². The summed E-state index contributed by atoms with van der Waals surface area (Å²) >= 11 is 0. The summed E-state index contributed by atoms with van der Waals surface area (Å²) in [5.41, 5.74) is -15.6. The lowest BCUT2D eigenvalue weighted by Gasteiger charge is -2.45. The van der Waals surface area contributed by atoms with Gasteiger partial charge in [0.2, 0.25) is 10.8 Å². The van der Waals surface area contributed by atoms with Gasteiger partial charge in [-0.25, -0.2) is 0 Å². The summed E-state index contributed by atoms with van der Waals surface area (Å²) in [4.78, 5) is 0. The van der Waals surface area contributed by atoms with Gasteiger partial charge in [0.15, 0.2) is 0 Å². The Morgan fingerprint density at radius 1 is 0.238 bits per heavy atom. The van der Waals surface area contributed by atoms with Crippen molar-refractivity contribution in [3.05, 3.63) is 12.2 Å². The van der Waals surface area contributed by atoms with Crippen LogP contribution in [0.4, 0.5) is 114 Å². The fourth-order valence-electron chi connectivity index (χ4n) is 3.16. The molecular formula is C16H6F26. The molecule has 0 aliphatic carbocycles. The molecule has 0 aromatic heterocycles. The average Bonchev–Trinajstić information content (AvgIpc) is 2.63. The molecule has 252 valence electrons. The molecule has 0 bridgehead atoms. The van der Waals surface area contributed by atoms with E-state index in [1.807, 2.05) is 0 Å². The van der Waals surface area contributed by atoms with E-state index in [9.17, 15) is 114 Å². The van der Waals surface area contributed by atoms with Crippen LogP contribution in [0.1, 0.15) is 12.8 Å². The first-order valence-corrected chi connectivity index (χ1v) is 9.27. The van der Waals surface area contributed by atoms with Crippen LogP contribution in [0.2, 0.25) is 0 Å². The maximum absolute atomic E-state index is 13.9. The van der Waals surface area contributed by atoms with Crippen molar-refractivity contribution in [2.24, 2.45) is 10.8 Å². The largest absolute Gasteiger partial charge is 0.459 e. The second-order valence-corrected chi connectivity index (χ2v) is 7.97. The highest BCUT2D eigenvalue weighted by atomic mass is 19.5. The van der Waals surface area contributed by atoms with Gasteiger partial charge in [-0.15, -0.1) is 0 Å². The van der Waals surface area contributed by atoms with Crippen molar-refractivity contribution in [1.82, 2.24) is 0 Å². The number of hydrogen-bond donors (Lipinski definition) is 0. The molecule has 0 aliphatic heterocycles. The zero-order valence-electron chi connectivity index (χ0n) is 18.4. The number of halogens is 26. The first kappa shape index (κ1) is 39.9. The van der Waals surface area contributed by atoms with E-state index in [2.05, 4.69) is 0 Å². The number of allylic oxidation sites excluding steroid dienone is 2. The minimum absolute atomic E-state index is 1.85. The van der Waals surface area contributed by atoms with Gasteiger partial charge in [-0.1, -0.05) is 12.2 Å². The Kier molecular flexibility index (Phi) is 9.73. The minimum atomic E-state index is -8.50. The SMILES string of the molecule is FC(F)(F)C(F)(F)C(F)(F)C(CC=CCC(C(F)(F)F)(C(F)(F)F)C(F)(F)C(F)(F)C(F)(F)F)(C(F)(F)F)C(F)(F)F. The molecule has 0 spiro atoms. The first-order valence-electron chi connectivity index (χ1n) is 9.27. The van der Waals surface area contributed by atoms with E-state index in [1.165, 1.54) is 0 Å². The highest BCUT2D eigenvalue weighted by Crippen LogP contribution is 2.69. The molecule has 26 heteroatoms. The zero-order valence-corrected chi connectivity index (χ0v) is 18.4. The van der Waals surface area contributed by atoms with Gasteiger partial charge in [0.1, 0.15) is 0 Å². The van der Waals surface area contributed by atoms with Gasteiger partial charge in [0.25, 0.3) is 0 Å². The van der Waals surface area contributed by atoms with Gasteiger partial charge in [0.05, 0.1) is 0 Å². The molecule has 0 atom stereocenters. The summed E-state index contributed by atoms with van der Waals surface area (Å²) in [6.45, 7) is 0. The Bertz CT molecular complexity index is 849. The van der Waals surface area contributed by atoms with Crippen molar-refractivity contribution in [3.8, 4) is 0 Å². The smallest absolute Gasteiger partial charge is 0.198 e. The maximum Gasteiger partial charge on any atom is 0.459 e. The summed E-state index contributed by atoms with van der Waals surface area (Å²) in [6, 6.07) is 0. The quantitative estimate of drug-likeness (QED) is 0.176. The van der Waals surface area contributed by atoms with Crippen molar-refractivity contribution in [1.29, 1.82) is 0 Å². The van der Waals surface area contributed by atoms with Crippen LogP contribution in [0, 0.1) is 10.8 Å². The topological polar surface area (TPSA) is 0 Å². The van der Waals surface area contributed by atoms with Crippen molar-refractivity contribution < 1.29 is 114 Å². The Hall–Kier alpha value is -2.08. The van der Waals surface area contributed by atoms with Gasteiger partial charge in [0, 0.05) is 0 Å². The molecule has 0 aromatic carbocycles. The predicted molar refractivity (Wildman–Crippen MR) is 79.4 cm³/mol. The lowest BCUT2D eigenvalue weighted by Crippen LogP contribution is -2.70. The molecule has 0 heterocycles. The number of alkyl halides is 26. The van der Waals surface area contributed by atoms with Crippen LogP contribution in [0.3, 0.4) is 0 Å². The highest BCUT2D eigenvalue weighted by Gasteiger charge is 2.93. The van der Waals surface area contributed by atoms with E-state index < -0.39 is 96.6 Å². The molecule has 0 fully saturated rings. The Balaban J connectivity index is 7.57. The van der Waals surface area contributed by atoms with Gasteiger partial charge in [-0.3, -0.25) is 0 Å². The molecule has 0 aliphatic rings. The Labute approximate surface area is 212 Å². The molecular weight excluding hydrogens is 686 g/mol. The summed E-state index contributed by atoms with van der Waals surface area (Å²) in [5.74, 6) is -33.7. The van der Waals surface area contributed by atoms with Crippen molar-refractivity contribution in [2.45, 2.75) is 73.6 Å². The van der Waals surface area contributed by atoms with Gasteiger partial charge >= 0.3 is 60.7 Å².